The third-order valence-corrected chi connectivity index (χ3v) is 8.64. The van der Waals surface area contributed by atoms with Crippen molar-refractivity contribution in [1.82, 2.24) is 20.9 Å². The van der Waals surface area contributed by atoms with Crippen molar-refractivity contribution in [2.45, 2.75) is 116 Å². The highest BCUT2D eigenvalue weighted by Gasteiger charge is 2.42. The molecule has 3 aliphatic rings. The number of hydrogen-bond acceptors (Lipinski definition) is 6. The van der Waals surface area contributed by atoms with Gasteiger partial charge < -0.3 is 25.6 Å². The monoisotopic (exact) mass is 560 g/mol. The minimum Gasteiger partial charge on any atom is -0.446 e. The van der Waals surface area contributed by atoms with Crippen molar-refractivity contribution in [3.05, 3.63) is 12.7 Å². The summed E-state index contributed by atoms with van der Waals surface area (Å²) in [7, 11) is 0. The van der Waals surface area contributed by atoms with Gasteiger partial charge in [-0.25, -0.2) is 4.79 Å². The first-order chi connectivity index (χ1) is 19.2. The van der Waals surface area contributed by atoms with Gasteiger partial charge in [0.05, 0.1) is 6.04 Å². The number of likely N-dealkylation sites (tertiary alicyclic amines) is 1. The van der Waals surface area contributed by atoms with E-state index in [1.165, 1.54) is 6.08 Å². The van der Waals surface area contributed by atoms with Gasteiger partial charge >= 0.3 is 6.09 Å². The zero-order chi connectivity index (χ0) is 29.2. The third kappa shape index (κ3) is 8.30. The maximum atomic E-state index is 14.0. The third-order valence-electron chi connectivity index (χ3n) is 8.64. The lowest BCUT2D eigenvalue weighted by atomic mass is 9.83. The fourth-order valence-corrected chi connectivity index (χ4v) is 6.54. The van der Waals surface area contributed by atoms with Gasteiger partial charge in [0.1, 0.15) is 18.2 Å². The number of ketones is 1. The molecule has 3 fully saturated rings. The fraction of sp³-hybridized carbons (Fsp3) is 0.767. The van der Waals surface area contributed by atoms with Gasteiger partial charge in [0.25, 0.3) is 5.91 Å². The van der Waals surface area contributed by atoms with Crippen molar-refractivity contribution in [2.75, 3.05) is 13.1 Å². The van der Waals surface area contributed by atoms with Gasteiger partial charge in [-0.1, -0.05) is 52.5 Å². The zero-order valence-corrected chi connectivity index (χ0v) is 24.4. The van der Waals surface area contributed by atoms with E-state index in [-0.39, 0.29) is 30.4 Å². The molecule has 224 valence electrons. The van der Waals surface area contributed by atoms with Crippen LogP contribution in [-0.2, 0) is 23.9 Å². The van der Waals surface area contributed by atoms with E-state index in [2.05, 4.69) is 36.4 Å². The van der Waals surface area contributed by atoms with Crippen molar-refractivity contribution in [3.8, 4) is 0 Å². The molecule has 1 saturated heterocycles. The molecule has 0 radical (unpaired) electrons. The number of ether oxygens (including phenoxy) is 1. The van der Waals surface area contributed by atoms with Gasteiger partial charge in [-0.2, -0.15) is 0 Å². The molecule has 2 saturated carbocycles. The van der Waals surface area contributed by atoms with Crippen LogP contribution in [0.15, 0.2) is 12.7 Å². The summed E-state index contributed by atoms with van der Waals surface area (Å²) in [5.74, 6) is -1.49. The van der Waals surface area contributed by atoms with Crippen molar-refractivity contribution in [1.29, 1.82) is 0 Å². The summed E-state index contributed by atoms with van der Waals surface area (Å²) in [6.45, 7) is 10.2. The van der Waals surface area contributed by atoms with Crippen LogP contribution in [0.2, 0.25) is 0 Å². The molecule has 0 aromatic rings. The fourth-order valence-electron chi connectivity index (χ4n) is 6.54. The van der Waals surface area contributed by atoms with Gasteiger partial charge in [0, 0.05) is 13.1 Å². The molecule has 3 rings (SSSR count). The quantitative estimate of drug-likeness (QED) is 0.248. The van der Waals surface area contributed by atoms with E-state index < -0.39 is 41.8 Å². The summed E-state index contributed by atoms with van der Waals surface area (Å²) in [6, 6.07) is -2.51. The second kappa shape index (κ2) is 15.2. The molecule has 0 aromatic heterocycles. The van der Waals surface area contributed by atoms with Crippen LogP contribution >= 0.6 is 0 Å². The highest BCUT2D eigenvalue weighted by Crippen LogP contribution is 2.33. The Hall–Kier alpha value is -2.91. The van der Waals surface area contributed by atoms with Crippen LogP contribution in [0.25, 0.3) is 0 Å². The molecule has 0 bridgehead atoms. The van der Waals surface area contributed by atoms with Crippen molar-refractivity contribution in [2.24, 2.45) is 17.8 Å². The molecule has 40 heavy (non-hydrogen) atoms. The molecule has 0 aromatic carbocycles. The molecule has 0 spiro atoms. The highest BCUT2D eigenvalue weighted by atomic mass is 16.6. The predicted octanol–water partition coefficient (Wildman–Crippen LogP) is 3.24. The van der Waals surface area contributed by atoms with Crippen molar-refractivity contribution >= 4 is 29.6 Å². The lowest BCUT2D eigenvalue weighted by Crippen LogP contribution is -2.58. The Labute approximate surface area is 238 Å². The van der Waals surface area contributed by atoms with Crippen LogP contribution in [-0.4, -0.2) is 71.8 Å². The van der Waals surface area contributed by atoms with Crippen molar-refractivity contribution < 1.29 is 28.7 Å². The maximum absolute atomic E-state index is 14.0. The van der Waals surface area contributed by atoms with E-state index in [1.54, 1.807) is 4.90 Å². The van der Waals surface area contributed by atoms with E-state index >= 15 is 0 Å². The summed E-state index contributed by atoms with van der Waals surface area (Å²) in [4.78, 5) is 66.9. The summed E-state index contributed by atoms with van der Waals surface area (Å²) in [5.41, 5.74) is 0. The minimum atomic E-state index is -0.974. The molecule has 3 N–H and O–H groups in total. The molecule has 10 heteroatoms. The number of nitrogens with one attached hydrogen (secondary N) is 3. The van der Waals surface area contributed by atoms with Crippen LogP contribution in [0, 0.1) is 17.8 Å². The molecule has 4 amide bonds. The molecule has 10 nitrogen and oxygen atoms in total. The number of Topliss-reactive ketones (excluding diaryl/α,β-unsaturated/α-hetero) is 1. The Bertz CT molecular complexity index is 933. The number of carbonyl (C=O) groups is 5. The van der Waals surface area contributed by atoms with Crippen LogP contribution in [0.1, 0.15) is 91.4 Å². The summed E-state index contributed by atoms with van der Waals surface area (Å²) in [5, 5.41) is 8.10. The van der Waals surface area contributed by atoms with Crippen LogP contribution in [0.3, 0.4) is 0 Å². The average Bonchev–Trinajstić information content (AvgIpc) is 3.55. The Morgan fingerprint density at radius 2 is 1.73 bits per heavy atom. The zero-order valence-electron chi connectivity index (χ0n) is 24.4. The molecule has 1 heterocycles. The number of carbonyl (C=O) groups excluding carboxylic acids is 5. The Kier molecular flexibility index (Phi) is 12.0. The number of rotatable bonds is 12. The molecular weight excluding hydrogens is 512 g/mol. The number of alkyl carbamates (subject to hydrolysis) is 1. The molecular formula is C30H48N4O6. The molecule has 6 atom stereocenters. The summed E-state index contributed by atoms with van der Waals surface area (Å²) >= 11 is 0. The highest BCUT2D eigenvalue weighted by molar-refractivity contribution is 6.38. The van der Waals surface area contributed by atoms with Gasteiger partial charge in [0.15, 0.2) is 0 Å². The average molecular weight is 561 g/mol. The summed E-state index contributed by atoms with van der Waals surface area (Å²) < 4.78 is 5.78. The standard InChI is InChI=1S/C30H48N4O6/c1-5-11-22(26(35)28(37)31-15-6-2)32-27(36)23-14-10-16-34(23)29(38)25(21-12-8-7-9-13-21)33-30(39)40-24-18-19(3)17-20(24)4/h6,19-25H,2,5,7-18H2,1,3-4H3,(H,31,37)(H,32,36)(H,33,39)/t19?,20?,22?,23-,24?,25?/m0/s1. The van der Waals surface area contributed by atoms with Crippen LogP contribution < -0.4 is 16.0 Å². The Balaban J connectivity index is 1.70. The smallest absolute Gasteiger partial charge is 0.408 e. The second-order valence-electron chi connectivity index (χ2n) is 11.9. The minimum absolute atomic E-state index is 0.0268. The first kappa shape index (κ1) is 31.6. The molecule has 2 aliphatic carbocycles. The second-order valence-corrected chi connectivity index (χ2v) is 11.9. The topological polar surface area (TPSA) is 134 Å². The Morgan fingerprint density at radius 1 is 1.00 bits per heavy atom. The SMILES string of the molecule is C=CCNC(=O)C(=O)C(CCC)NC(=O)[C@@H]1CCCN1C(=O)C(NC(=O)OC1CC(C)CC1C)C1CCCCC1. The molecule has 5 unspecified atom stereocenters. The van der Waals surface area contributed by atoms with Gasteiger partial charge in [0.2, 0.25) is 17.6 Å². The Morgan fingerprint density at radius 3 is 2.35 bits per heavy atom. The van der Waals surface area contributed by atoms with Crippen LogP contribution in [0.4, 0.5) is 4.79 Å². The first-order valence-electron chi connectivity index (χ1n) is 15.2. The first-order valence-corrected chi connectivity index (χ1v) is 15.2. The predicted molar refractivity (Wildman–Crippen MR) is 151 cm³/mol. The van der Waals surface area contributed by atoms with E-state index in [4.69, 9.17) is 4.74 Å². The lowest BCUT2D eigenvalue weighted by molar-refractivity contribution is -0.143. The van der Waals surface area contributed by atoms with E-state index in [0.29, 0.717) is 38.1 Å². The van der Waals surface area contributed by atoms with Gasteiger partial charge in [-0.05, 0) is 62.7 Å². The number of nitrogens with zero attached hydrogens (tertiary/aromatic N) is 1. The van der Waals surface area contributed by atoms with Crippen molar-refractivity contribution in [3.63, 3.8) is 0 Å². The van der Waals surface area contributed by atoms with Crippen LogP contribution in [0.5, 0.6) is 0 Å². The lowest BCUT2D eigenvalue weighted by Gasteiger charge is -2.35. The normalized spacial score (nSPS) is 26.4. The van der Waals surface area contributed by atoms with Gasteiger partial charge in [-0.15, -0.1) is 6.58 Å². The largest absolute Gasteiger partial charge is 0.446 e. The van der Waals surface area contributed by atoms with E-state index in [0.717, 1.165) is 44.9 Å². The van der Waals surface area contributed by atoms with Gasteiger partial charge in [-0.3, -0.25) is 19.2 Å². The maximum Gasteiger partial charge on any atom is 0.408 e. The summed E-state index contributed by atoms with van der Waals surface area (Å²) in [6.07, 6.45) is 9.26. The van der Waals surface area contributed by atoms with E-state index in [9.17, 15) is 24.0 Å². The number of hydrogen-bond donors (Lipinski definition) is 3. The number of amides is 4. The van der Waals surface area contributed by atoms with E-state index in [1.807, 2.05) is 6.92 Å². The molecule has 1 aliphatic heterocycles.